The zero-order valence-corrected chi connectivity index (χ0v) is 16.3. The molecule has 0 spiro atoms. The van der Waals surface area contributed by atoms with E-state index in [0.29, 0.717) is 13.0 Å². The number of carbonyl (C=O) groups excluding carboxylic acids is 2. The molecule has 1 atom stereocenters. The van der Waals surface area contributed by atoms with Gasteiger partial charge in [-0.1, -0.05) is 55.8 Å². The fourth-order valence-corrected chi connectivity index (χ4v) is 3.81. The van der Waals surface area contributed by atoms with Gasteiger partial charge in [0.05, 0.1) is 5.92 Å². The van der Waals surface area contributed by atoms with Crippen molar-refractivity contribution in [2.24, 2.45) is 5.92 Å². The molecule has 0 aliphatic carbocycles. The van der Waals surface area contributed by atoms with Crippen molar-refractivity contribution in [1.82, 2.24) is 14.7 Å². The van der Waals surface area contributed by atoms with Gasteiger partial charge in [0, 0.05) is 52.2 Å². The molecule has 2 aliphatic rings. The van der Waals surface area contributed by atoms with Gasteiger partial charge in [-0.3, -0.25) is 14.5 Å². The minimum atomic E-state index is -0.140. The van der Waals surface area contributed by atoms with Gasteiger partial charge in [0.25, 0.3) is 0 Å². The Labute approximate surface area is 162 Å². The molecule has 0 N–H and O–H groups in total. The summed E-state index contributed by atoms with van der Waals surface area (Å²) in [7, 11) is 0. The van der Waals surface area contributed by atoms with Crippen LogP contribution in [-0.2, 0) is 9.59 Å². The lowest BCUT2D eigenvalue weighted by Crippen LogP contribution is -2.50. The van der Waals surface area contributed by atoms with E-state index >= 15 is 0 Å². The molecule has 5 heteroatoms. The highest BCUT2D eigenvalue weighted by Gasteiger charge is 2.36. The van der Waals surface area contributed by atoms with Gasteiger partial charge in [0.15, 0.2) is 0 Å². The number of rotatable bonds is 7. The monoisotopic (exact) mass is 369 g/mol. The van der Waals surface area contributed by atoms with Crippen molar-refractivity contribution in [3.05, 3.63) is 42.0 Å². The predicted molar refractivity (Wildman–Crippen MR) is 108 cm³/mol. The summed E-state index contributed by atoms with van der Waals surface area (Å²) >= 11 is 0. The maximum Gasteiger partial charge on any atom is 0.228 e. The molecule has 27 heavy (non-hydrogen) atoms. The lowest BCUT2D eigenvalue weighted by atomic mass is 10.1. The zero-order chi connectivity index (χ0) is 19.1. The molecule has 0 bridgehead atoms. The number of amides is 2. The standard InChI is InChI=1S/C22H31N3O2/c1-2-3-12-25-18-20(17-21(25)26)22(27)24-15-13-23(14-16-24)11-7-10-19-8-5-4-6-9-19/h4-10,20H,2-3,11-18H2,1H3/b10-7+. The van der Waals surface area contributed by atoms with Crippen LogP contribution in [-0.4, -0.2) is 72.3 Å². The van der Waals surface area contributed by atoms with E-state index in [1.807, 2.05) is 28.0 Å². The second-order valence-electron chi connectivity index (χ2n) is 7.53. The van der Waals surface area contributed by atoms with Crippen molar-refractivity contribution in [3.63, 3.8) is 0 Å². The molecule has 0 aromatic heterocycles. The summed E-state index contributed by atoms with van der Waals surface area (Å²) in [6.07, 6.45) is 6.81. The van der Waals surface area contributed by atoms with Gasteiger partial charge >= 0.3 is 0 Å². The number of hydrogen-bond acceptors (Lipinski definition) is 3. The molecule has 1 unspecified atom stereocenters. The molecule has 3 rings (SSSR count). The van der Waals surface area contributed by atoms with E-state index in [4.69, 9.17) is 0 Å². The van der Waals surface area contributed by atoms with Crippen molar-refractivity contribution in [2.45, 2.75) is 26.2 Å². The summed E-state index contributed by atoms with van der Waals surface area (Å²) in [6, 6.07) is 10.3. The second kappa shape index (κ2) is 9.70. The molecule has 0 saturated carbocycles. The number of piperazine rings is 1. The first kappa shape index (κ1) is 19.6. The molecular formula is C22H31N3O2. The van der Waals surface area contributed by atoms with Crippen LogP contribution in [0.25, 0.3) is 6.08 Å². The van der Waals surface area contributed by atoms with Gasteiger partial charge in [-0.25, -0.2) is 0 Å². The molecule has 5 nitrogen and oxygen atoms in total. The Hall–Kier alpha value is -2.14. The number of nitrogens with zero attached hydrogens (tertiary/aromatic N) is 3. The van der Waals surface area contributed by atoms with Crippen LogP contribution in [0.5, 0.6) is 0 Å². The van der Waals surface area contributed by atoms with Crippen molar-refractivity contribution < 1.29 is 9.59 Å². The first-order chi connectivity index (χ1) is 13.2. The summed E-state index contributed by atoms with van der Waals surface area (Å²) in [5.41, 5.74) is 1.21. The first-order valence-electron chi connectivity index (χ1n) is 10.2. The number of carbonyl (C=O) groups is 2. The van der Waals surface area contributed by atoms with Gasteiger partial charge in [-0.05, 0) is 12.0 Å². The lowest BCUT2D eigenvalue weighted by molar-refractivity contribution is -0.137. The molecule has 2 saturated heterocycles. The molecule has 2 fully saturated rings. The molecule has 1 aromatic rings. The first-order valence-corrected chi connectivity index (χ1v) is 10.2. The topological polar surface area (TPSA) is 43.9 Å². The van der Waals surface area contributed by atoms with Crippen molar-refractivity contribution in [2.75, 3.05) is 45.8 Å². The van der Waals surface area contributed by atoms with Crippen LogP contribution >= 0.6 is 0 Å². The summed E-state index contributed by atoms with van der Waals surface area (Å²) in [5, 5.41) is 0. The van der Waals surface area contributed by atoms with E-state index in [-0.39, 0.29) is 17.7 Å². The lowest BCUT2D eigenvalue weighted by Gasteiger charge is -2.35. The van der Waals surface area contributed by atoms with Crippen molar-refractivity contribution >= 4 is 17.9 Å². The molecule has 2 aliphatic heterocycles. The van der Waals surface area contributed by atoms with Gasteiger partial charge < -0.3 is 9.80 Å². The molecule has 2 heterocycles. The van der Waals surface area contributed by atoms with E-state index < -0.39 is 0 Å². The van der Waals surface area contributed by atoms with Crippen molar-refractivity contribution in [1.29, 1.82) is 0 Å². The van der Waals surface area contributed by atoms with E-state index in [2.05, 4.69) is 36.1 Å². The number of unbranched alkanes of at least 4 members (excludes halogenated alkanes) is 1. The minimum Gasteiger partial charge on any atom is -0.342 e. The highest BCUT2D eigenvalue weighted by molar-refractivity contribution is 5.89. The average Bonchev–Trinajstić information content (AvgIpc) is 3.08. The predicted octanol–water partition coefficient (Wildman–Crippen LogP) is 2.49. The highest BCUT2D eigenvalue weighted by atomic mass is 16.2. The SMILES string of the molecule is CCCCN1CC(C(=O)N2CCN(C/C=C/c3ccccc3)CC2)CC1=O. The third-order valence-electron chi connectivity index (χ3n) is 5.50. The van der Waals surface area contributed by atoms with E-state index in [1.165, 1.54) is 5.56 Å². The van der Waals surface area contributed by atoms with Gasteiger partial charge in [0.2, 0.25) is 11.8 Å². The smallest absolute Gasteiger partial charge is 0.228 e. The quantitative estimate of drug-likeness (QED) is 0.742. The molecule has 0 radical (unpaired) electrons. The Morgan fingerprint density at radius 1 is 1.15 bits per heavy atom. The van der Waals surface area contributed by atoms with Crippen LogP contribution in [0.3, 0.4) is 0 Å². The van der Waals surface area contributed by atoms with Crippen LogP contribution in [0.1, 0.15) is 31.7 Å². The van der Waals surface area contributed by atoms with Crippen molar-refractivity contribution in [3.8, 4) is 0 Å². The average molecular weight is 370 g/mol. The number of likely N-dealkylation sites (tertiary alicyclic amines) is 1. The molecule has 146 valence electrons. The molecule has 1 aromatic carbocycles. The summed E-state index contributed by atoms with van der Waals surface area (Å²) in [5.74, 6) is 0.173. The third-order valence-corrected chi connectivity index (χ3v) is 5.50. The maximum absolute atomic E-state index is 12.8. The Bertz CT molecular complexity index is 651. The zero-order valence-electron chi connectivity index (χ0n) is 16.3. The summed E-state index contributed by atoms with van der Waals surface area (Å²) in [6.45, 7) is 7.74. The summed E-state index contributed by atoms with van der Waals surface area (Å²) in [4.78, 5) is 31.1. The summed E-state index contributed by atoms with van der Waals surface area (Å²) < 4.78 is 0. The number of benzene rings is 1. The Morgan fingerprint density at radius 2 is 1.89 bits per heavy atom. The van der Waals surface area contributed by atoms with E-state index in [9.17, 15) is 9.59 Å². The second-order valence-corrected chi connectivity index (χ2v) is 7.53. The van der Waals surface area contributed by atoms with Crippen LogP contribution in [0, 0.1) is 5.92 Å². The van der Waals surface area contributed by atoms with Crippen LogP contribution in [0.2, 0.25) is 0 Å². The van der Waals surface area contributed by atoms with Crippen LogP contribution in [0.15, 0.2) is 36.4 Å². The van der Waals surface area contributed by atoms with Gasteiger partial charge in [-0.15, -0.1) is 0 Å². The Balaban J connectivity index is 1.42. The highest BCUT2D eigenvalue weighted by Crippen LogP contribution is 2.21. The number of hydrogen-bond donors (Lipinski definition) is 0. The van der Waals surface area contributed by atoms with Crippen LogP contribution < -0.4 is 0 Å². The fraction of sp³-hybridized carbons (Fsp3) is 0.545. The van der Waals surface area contributed by atoms with E-state index in [1.54, 1.807) is 0 Å². The van der Waals surface area contributed by atoms with Gasteiger partial charge in [0.1, 0.15) is 0 Å². The van der Waals surface area contributed by atoms with Crippen LogP contribution in [0.4, 0.5) is 0 Å². The Morgan fingerprint density at radius 3 is 2.59 bits per heavy atom. The largest absolute Gasteiger partial charge is 0.342 e. The third kappa shape index (κ3) is 5.42. The maximum atomic E-state index is 12.8. The fourth-order valence-electron chi connectivity index (χ4n) is 3.81. The van der Waals surface area contributed by atoms with E-state index in [0.717, 1.165) is 52.1 Å². The normalized spacial score (nSPS) is 21.4. The molecular weight excluding hydrogens is 338 g/mol. The van der Waals surface area contributed by atoms with Gasteiger partial charge in [-0.2, -0.15) is 0 Å². The Kier molecular flexibility index (Phi) is 7.04. The minimum absolute atomic E-state index is 0.140. The molecule has 2 amide bonds.